The Balaban J connectivity index is 1.47. The molecule has 6 rings (SSSR count). The maximum atomic E-state index is 16.7. The monoisotopic (exact) mass is 561 g/mol. The van der Waals surface area contributed by atoms with Gasteiger partial charge in [0, 0.05) is 30.0 Å². The molecule has 0 spiro atoms. The normalized spacial score (nSPS) is 23.5. The summed E-state index contributed by atoms with van der Waals surface area (Å²) in [7, 11) is 1.95. The maximum absolute atomic E-state index is 16.7. The SMILES string of the molecule is C=[N+](C)CC1(COc2nc(N3CCC[C@H](C)C3)c3ccc(C4=CC(O)=C[C@H]5CC=C(F)C(CC)=C45)c(F)c3n2)CC1. The van der Waals surface area contributed by atoms with E-state index >= 15 is 4.39 Å². The van der Waals surface area contributed by atoms with Crippen LogP contribution < -0.4 is 9.64 Å². The largest absolute Gasteiger partial charge is 0.508 e. The molecule has 41 heavy (non-hydrogen) atoms. The van der Waals surface area contributed by atoms with Crippen LogP contribution in [0.25, 0.3) is 16.5 Å². The molecule has 0 bridgehead atoms. The van der Waals surface area contributed by atoms with E-state index in [-0.39, 0.29) is 40.0 Å². The van der Waals surface area contributed by atoms with Crippen molar-refractivity contribution in [2.75, 3.05) is 38.2 Å². The minimum atomic E-state index is -0.516. The number of fused-ring (bicyclic) bond motifs is 2. The second-order valence-electron chi connectivity index (χ2n) is 12.4. The van der Waals surface area contributed by atoms with E-state index in [1.54, 1.807) is 24.3 Å². The molecule has 8 heteroatoms. The molecule has 0 unspecified atom stereocenters. The van der Waals surface area contributed by atoms with Gasteiger partial charge in [0.2, 0.25) is 0 Å². The first-order valence-electron chi connectivity index (χ1n) is 14.8. The molecule has 6 nitrogen and oxygen atoms in total. The summed E-state index contributed by atoms with van der Waals surface area (Å²) < 4.78 is 39.7. The molecule has 4 aliphatic rings. The molecule has 2 heterocycles. The van der Waals surface area contributed by atoms with Crippen molar-refractivity contribution in [2.45, 2.75) is 52.4 Å². The van der Waals surface area contributed by atoms with Crippen molar-refractivity contribution in [1.29, 1.82) is 0 Å². The van der Waals surface area contributed by atoms with Crippen LogP contribution in [0.5, 0.6) is 6.01 Å². The van der Waals surface area contributed by atoms with Gasteiger partial charge < -0.3 is 14.7 Å². The second-order valence-corrected chi connectivity index (χ2v) is 12.4. The standard InChI is InChI=1S/C33H38F2N4O2/c1-5-23-27(34)11-8-21-15-22(40)16-26(28(21)23)24-9-10-25-30(29(24)35)36-32(41-19-33(12-13-33)18-38(3)4)37-31(25)39-14-6-7-20(2)17-39/h9-11,15-16,20-21H,3,5-8,12-14,17-19H2,1-2,4H3/p+1/t20-,21+/m0/s1. The molecule has 1 N–H and O–H groups in total. The summed E-state index contributed by atoms with van der Waals surface area (Å²) in [6, 6.07) is 3.75. The first-order valence-corrected chi connectivity index (χ1v) is 14.8. The van der Waals surface area contributed by atoms with Gasteiger partial charge in [0.1, 0.15) is 43.3 Å². The summed E-state index contributed by atoms with van der Waals surface area (Å²) in [5.74, 6) is 0.227. The Morgan fingerprint density at radius 1 is 1.24 bits per heavy atom. The highest BCUT2D eigenvalue weighted by Gasteiger charge is 2.47. The van der Waals surface area contributed by atoms with E-state index in [1.165, 1.54) is 0 Å². The quantitative estimate of drug-likeness (QED) is 0.280. The van der Waals surface area contributed by atoms with E-state index in [9.17, 15) is 9.50 Å². The number of aliphatic hydroxyl groups excluding tert-OH is 1. The zero-order valence-corrected chi connectivity index (χ0v) is 24.2. The van der Waals surface area contributed by atoms with Crippen molar-refractivity contribution in [3.05, 3.63) is 64.5 Å². The van der Waals surface area contributed by atoms with Crippen molar-refractivity contribution >= 4 is 29.0 Å². The third kappa shape index (κ3) is 5.29. The average Bonchev–Trinajstić information content (AvgIpc) is 3.70. The molecule has 0 amide bonds. The highest BCUT2D eigenvalue weighted by Crippen LogP contribution is 2.47. The molecule has 1 aromatic carbocycles. The smallest absolute Gasteiger partial charge is 0.319 e. The highest BCUT2D eigenvalue weighted by molar-refractivity contribution is 5.95. The molecule has 1 aliphatic heterocycles. The van der Waals surface area contributed by atoms with Crippen LogP contribution in [-0.2, 0) is 0 Å². The fraction of sp³-hybridized carbons (Fsp3) is 0.485. The van der Waals surface area contributed by atoms with Gasteiger partial charge in [-0.05, 0) is 85.5 Å². The molecule has 3 aliphatic carbocycles. The topological polar surface area (TPSA) is 61.5 Å². The number of nitrogens with zero attached hydrogens (tertiary/aromatic N) is 4. The minimum Gasteiger partial charge on any atom is -0.508 e. The lowest BCUT2D eigenvalue weighted by Crippen LogP contribution is -2.35. The fourth-order valence-corrected chi connectivity index (χ4v) is 6.74. The van der Waals surface area contributed by atoms with Gasteiger partial charge >= 0.3 is 6.01 Å². The van der Waals surface area contributed by atoms with Crippen molar-refractivity contribution in [3.8, 4) is 6.01 Å². The van der Waals surface area contributed by atoms with E-state index in [0.29, 0.717) is 47.7 Å². The Bertz CT molecular complexity index is 1540. The second kappa shape index (κ2) is 10.7. The van der Waals surface area contributed by atoms with Crippen LogP contribution in [0.1, 0.15) is 57.9 Å². The van der Waals surface area contributed by atoms with Gasteiger partial charge in [-0.3, -0.25) is 0 Å². The van der Waals surface area contributed by atoms with Crippen LogP contribution in [0, 0.1) is 23.1 Å². The van der Waals surface area contributed by atoms with Crippen LogP contribution >= 0.6 is 0 Å². The van der Waals surface area contributed by atoms with E-state index in [4.69, 9.17) is 9.72 Å². The van der Waals surface area contributed by atoms with Gasteiger partial charge in [-0.25, -0.2) is 13.4 Å². The van der Waals surface area contributed by atoms with Crippen molar-refractivity contribution in [1.82, 2.24) is 9.97 Å². The summed E-state index contributed by atoms with van der Waals surface area (Å²) in [5, 5.41) is 11.2. The third-order valence-corrected chi connectivity index (χ3v) is 8.93. The average molecular weight is 562 g/mol. The molecule has 1 aromatic heterocycles. The zero-order chi connectivity index (χ0) is 28.9. The summed E-state index contributed by atoms with van der Waals surface area (Å²) in [6.45, 7) is 11.0. The van der Waals surface area contributed by atoms with Gasteiger partial charge in [-0.2, -0.15) is 9.97 Å². The van der Waals surface area contributed by atoms with Crippen LogP contribution in [-0.4, -0.2) is 59.7 Å². The number of hydrogen-bond acceptors (Lipinski definition) is 5. The number of rotatable bonds is 8. The predicted molar refractivity (Wildman–Crippen MR) is 159 cm³/mol. The van der Waals surface area contributed by atoms with Crippen LogP contribution in [0.4, 0.5) is 14.6 Å². The number of aliphatic hydroxyl groups is 1. The summed E-state index contributed by atoms with van der Waals surface area (Å²) in [4.78, 5) is 11.7. The molecular formula is C33H39F2N4O2+. The van der Waals surface area contributed by atoms with Crippen molar-refractivity contribution < 1.29 is 23.2 Å². The summed E-state index contributed by atoms with van der Waals surface area (Å²) >= 11 is 0. The van der Waals surface area contributed by atoms with E-state index in [0.717, 1.165) is 50.9 Å². The first-order chi connectivity index (χ1) is 19.7. The third-order valence-electron chi connectivity index (χ3n) is 8.93. The Morgan fingerprint density at radius 2 is 2.05 bits per heavy atom. The van der Waals surface area contributed by atoms with Gasteiger partial charge in [0.15, 0.2) is 12.4 Å². The number of anilines is 1. The number of aromatic nitrogens is 2. The van der Waals surface area contributed by atoms with E-state index in [2.05, 4.69) is 23.5 Å². The van der Waals surface area contributed by atoms with Crippen molar-refractivity contribution in [3.63, 3.8) is 0 Å². The Kier molecular flexibility index (Phi) is 7.20. The van der Waals surface area contributed by atoms with Gasteiger partial charge in [-0.15, -0.1) is 0 Å². The van der Waals surface area contributed by atoms with Crippen LogP contribution in [0.3, 0.4) is 0 Å². The Hall–Kier alpha value is -3.55. The number of benzene rings is 1. The van der Waals surface area contributed by atoms with Gasteiger partial charge in [-0.1, -0.05) is 19.9 Å². The fourth-order valence-electron chi connectivity index (χ4n) is 6.74. The lowest BCUT2D eigenvalue weighted by atomic mass is 9.76. The number of halogens is 2. The molecule has 2 fully saturated rings. The van der Waals surface area contributed by atoms with Crippen LogP contribution in [0.15, 0.2) is 53.1 Å². The lowest BCUT2D eigenvalue weighted by Gasteiger charge is -2.33. The summed E-state index contributed by atoms with van der Waals surface area (Å²) in [5.41, 5.74) is 2.26. The maximum Gasteiger partial charge on any atom is 0.319 e. The van der Waals surface area contributed by atoms with E-state index < -0.39 is 5.82 Å². The number of piperidine rings is 1. The minimum absolute atomic E-state index is 0.0163. The first kappa shape index (κ1) is 27.6. The van der Waals surface area contributed by atoms with E-state index in [1.807, 2.05) is 24.6 Å². The molecule has 1 saturated heterocycles. The number of allylic oxidation sites excluding steroid dienone is 7. The molecule has 216 valence electrons. The zero-order valence-electron chi connectivity index (χ0n) is 24.2. The van der Waals surface area contributed by atoms with Crippen molar-refractivity contribution in [2.24, 2.45) is 17.3 Å². The Morgan fingerprint density at radius 3 is 2.76 bits per heavy atom. The molecule has 2 aromatic rings. The predicted octanol–water partition coefficient (Wildman–Crippen LogP) is 6.93. The Labute approximate surface area is 240 Å². The summed E-state index contributed by atoms with van der Waals surface area (Å²) in [6.07, 6.45) is 9.98. The lowest BCUT2D eigenvalue weighted by molar-refractivity contribution is -0.499. The molecular weight excluding hydrogens is 522 g/mol. The molecule has 1 saturated carbocycles. The van der Waals surface area contributed by atoms with Crippen LogP contribution in [0.2, 0.25) is 0 Å². The number of hydrogen-bond donors (Lipinski definition) is 1. The molecule has 0 radical (unpaired) electrons. The number of ether oxygens (including phenoxy) is 1. The van der Waals surface area contributed by atoms with Gasteiger partial charge in [0.25, 0.3) is 0 Å². The van der Waals surface area contributed by atoms with Gasteiger partial charge in [0.05, 0.1) is 5.41 Å². The highest BCUT2D eigenvalue weighted by atomic mass is 19.1. The molecule has 2 atom stereocenters.